The van der Waals surface area contributed by atoms with Crippen molar-refractivity contribution >= 4 is 0 Å². The zero-order chi connectivity index (χ0) is 9.31. The van der Waals surface area contributed by atoms with E-state index in [1.807, 2.05) is 0 Å². The van der Waals surface area contributed by atoms with Crippen molar-refractivity contribution in [3.63, 3.8) is 0 Å². The fraction of sp³-hybridized carbons (Fsp3) is 0.556. The average Bonchev–Trinajstić information content (AvgIpc) is 3.02. The summed E-state index contributed by atoms with van der Waals surface area (Å²) in [5.41, 5.74) is 4.56. The van der Waals surface area contributed by atoms with Crippen molar-refractivity contribution in [2.75, 3.05) is 6.54 Å². The molecular formula is C9H12FN3. The number of alkyl halides is 1. The van der Waals surface area contributed by atoms with Crippen molar-refractivity contribution < 1.29 is 4.39 Å². The minimum absolute atomic E-state index is 0.0189. The predicted molar refractivity (Wildman–Crippen MR) is 46.6 cm³/mol. The zero-order valence-electron chi connectivity index (χ0n) is 7.28. The quantitative estimate of drug-likeness (QED) is 0.757. The summed E-state index contributed by atoms with van der Waals surface area (Å²) in [6.45, 7) is 0.0189. The Bertz CT molecular complexity index is 286. The predicted octanol–water partition coefficient (Wildman–Crippen LogP) is 1.01. The van der Waals surface area contributed by atoms with E-state index in [1.54, 1.807) is 0 Å². The van der Waals surface area contributed by atoms with Crippen LogP contribution in [-0.2, 0) is 5.67 Å². The Kier molecular flexibility index (Phi) is 2.00. The van der Waals surface area contributed by atoms with E-state index in [4.69, 9.17) is 5.73 Å². The van der Waals surface area contributed by atoms with Crippen LogP contribution >= 0.6 is 0 Å². The highest BCUT2D eigenvalue weighted by Crippen LogP contribution is 2.47. The van der Waals surface area contributed by atoms with Crippen LogP contribution in [0.15, 0.2) is 18.7 Å². The van der Waals surface area contributed by atoms with Gasteiger partial charge >= 0.3 is 0 Å². The maximum absolute atomic E-state index is 14.2. The molecule has 0 aromatic carbocycles. The van der Waals surface area contributed by atoms with Crippen LogP contribution in [0.3, 0.4) is 0 Å². The molecule has 1 unspecified atom stereocenters. The summed E-state index contributed by atoms with van der Waals surface area (Å²) in [5.74, 6) is 0.0727. The van der Waals surface area contributed by atoms with Gasteiger partial charge in [-0.25, -0.2) is 14.4 Å². The van der Waals surface area contributed by atoms with Crippen molar-refractivity contribution in [3.05, 3.63) is 24.3 Å². The SMILES string of the molecule is NCC(F)(c1cncnc1)C1CC1. The van der Waals surface area contributed by atoms with Crippen LogP contribution in [0.4, 0.5) is 4.39 Å². The van der Waals surface area contributed by atoms with Crippen molar-refractivity contribution in [1.29, 1.82) is 0 Å². The second-order valence-electron chi connectivity index (χ2n) is 3.47. The molecule has 4 heteroatoms. The molecule has 0 radical (unpaired) electrons. The van der Waals surface area contributed by atoms with E-state index in [2.05, 4.69) is 9.97 Å². The molecule has 1 saturated carbocycles. The molecule has 3 nitrogen and oxygen atoms in total. The fourth-order valence-corrected chi connectivity index (χ4v) is 1.57. The van der Waals surface area contributed by atoms with E-state index in [0.717, 1.165) is 12.8 Å². The number of hydrogen-bond acceptors (Lipinski definition) is 3. The number of halogens is 1. The number of rotatable bonds is 3. The highest BCUT2D eigenvalue weighted by Gasteiger charge is 2.46. The van der Waals surface area contributed by atoms with Crippen LogP contribution in [0.25, 0.3) is 0 Å². The minimum atomic E-state index is -1.40. The van der Waals surface area contributed by atoms with Gasteiger partial charge in [0.15, 0.2) is 5.67 Å². The van der Waals surface area contributed by atoms with Gasteiger partial charge in [-0.3, -0.25) is 0 Å². The first-order chi connectivity index (χ1) is 6.27. The van der Waals surface area contributed by atoms with Crippen molar-refractivity contribution in [1.82, 2.24) is 9.97 Å². The van der Waals surface area contributed by atoms with Crippen molar-refractivity contribution in [3.8, 4) is 0 Å². The number of aromatic nitrogens is 2. The number of nitrogens with zero attached hydrogens (tertiary/aromatic N) is 2. The maximum Gasteiger partial charge on any atom is 0.153 e. The summed E-state index contributed by atoms with van der Waals surface area (Å²) in [5, 5.41) is 0. The summed E-state index contributed by atoms with van der Waals surface area (Å²) < 4.78 is 14.2. The third kappa shape index (κ3) is 1.42. The van der Waals surface area contributed by atoms with Gasteiger partial charge in [-0.05, 0) is 18.8 Å². The van der Waals surface area contributed by atoms with Gasteiger partial charge in [-0.2, -0.15) is 0 Å². The Labute approximate surface area is 76.2 Å². The molecule has 1 fully saturated rings. The summed E-state index contributed by atoms with van der Waals surface area (Å²) in [7, 11) is 0. The van der Waals surface area contributed by atoms with E-state index in [-0.39, 0.29) is 12.5 Å². The molecule has 70 valence electrons. The summed E-state index contributed by atoms with van der Waals surface area (Å²) in [6.07, 6.45) is 6.26. The largest absolute Gasteiger partial charge is 0.327 e. The standard InChI is InChI=1S/C9H12FN3/c10-9(5-11,7-1-2-7)8-3-12-6-13-4-8/h3-4,6-7H,1-2,5,11H2. The molecule has 1 aliphatic carbocycles. The normalized spacial score (nSPS) is 21.1. The lowest BCUT2D eigenvalue weighted by atomic mass is 9.93. The van der Waals surface area contributed by atoms with Gasteiger partial charge < -0.3 is 5.73 Å². The summed E-state index contributed by atoms with van der Waals surface area (Å²) >= 11 is 0. The van der Waals surface area contributed by atoms with Crippen LogP contribution < -0.4 is 5.73 Å². The van der Waals surface area contributed by atoms with Gasteiger partial charge in [0.1, 0.15) is 6.33 Å². The molecule has 1 atom stereocenters. The zero-order valence-corrected chi connectivity index (χ0v) is 7.28. The molecular weight excluding hydrogens is 169 g/mol. The Morgan fingerprint density at radius 2 is 2.08 bits per heavy atom. The van der Waals surface area contributed by atoms with Gasteiger partial charge in [0.05, 0.1) is 0 Å². The number of hydrogen-bond donors (Lipinski definition) is 1. The van der Waals surface area contributed by atoms with Gasteiger partial charge in [-0.15, -0.1) is 0 Å². The molecule has 1 aliphatic rings. The van der Waals surface area contributed by atoms with Gasteiger partial charge in [-0.1, -0.05) is 0 Å². The third-order valence-electron chi connectivity index (χ3n) is 2.56. The lowest BCUT2D eigenvalue weighted by Gasteiger charge is -2.22. The van der Waals surface area contributed by atoms with Crippen LogP contribution in [0.1, 0.15) is 18.4 Å². The van der Waals surface area contributed by atoms with Crippen LogP contribution in [0.2, 0.25) is 0 Å². The van der Waals surface area contributed by atoms with Crippen LogP contribution in [0, 0.1) is 5.92 Å². The van der Waals surface area contributed by atoms with Crippen LogP contribution in [0.5, 0.6) is 0 Å². The van der Waals surface area contributed by atoms with E-state index in [9.17, 15) is 4.39 Å². The van der Waals surface area contributed by atoms with E-state index >= 15 is 0 Å². The topological polar surface area (TPSA) is 51.8 Å². The molecule has 1 aromatic rings. The van der Waals surface area contributed by atoms with Crippen molar-refractivity contribution in [2.45, 2.75) is 18.5 Å². The highest BCUT2D eigenvalue weighted by molar-refractivity contribution is 5.19. The molecule has 1 aromatic heterocycles. The Morgan fingerprint density at radius 1 is 1.46 bits per heavy atom. The van der Waals surface area contributed by atoms with Crippen molar-refractivity contribution in [2.24, 2.45) is 11.7 Å². The second-order valence-corrected chi connectivity index (χ2v) is 3.47. The molecule has 2 N–H and O–H groups in total. The first kappa shape index (κ1) is 8.56. The highest BCUT2D eigenvalue weighted by atomic mass is 19.1. The fourth-order valence-electron chi connectivity index (χ4n) is 1.57. The molecule has 0 spiro atoms. The molecule has 13 heavy (non-hydrogen) atoms. The lowest BCUT2D eigenvalue weighted by Crippen LogP contribution is -2.32. The Balaban J connectivity index is 2.30. The third-order valence-corrected chi connectivity index (χ3v) is 2.56. The second kappa shape index (κ2) is 3.03. The summed E-state index contributed by atoms with van der Waals surface area (Å²) in [4.78, 5) is 7.60. The van der Waals surface area contributed by atoms with Gasteiger partial charge in [0.2, 0.25) is 0 Å². The first-order valence-corrected chi connectivity index (χ1v) is 4.42. The van der Waals surface area contributed by atoms with Gasteiger partial charge in [0.25, 0.3) is 0 Å². The molecule has 0 amide bonds. The molecule has 1 heterocycles. The van der Waals surface area contributed by atoms with E-state index < -0.39 is 5.67 Å². The first-order valence-electron chi connectivity index (χ1n) is 4.42. The number of nitrogens with two attached hydrogens (primary N) is 1. The van der Waals surface area contributed by atoms with Crippen LogP contribution in [-0.4, -0.2) is 16.5 Å². The molecule has 0 aliphatic heterocycles. The molecule has 0 bridgehead atoms. The lowest BCUT2D eigenvalue weighted by molar-refractivity contribution is 0.142. The maximum atomic E-state index is 14.2. The smallest absolute Gasteiger partial charge is 0.153 e. The van der Waals surface area contributed by atoms with Gasteiger partial charge in [0, 0.05) is 24.5 Å². The Hall–Kier alpha value is -1.03. The summed E-state index contributed by atoms with van der Waals surface area (Å²) in [6, 6.07) is 0. The monoisotopic (exact) mass is 181 g/mol. The van der Waals surface area contributed by atoms with E-state index in [0.29, 0.717) is 5.56 Å². The average molecular weight is 181 g/mol. The Morgan fingerprint density at radius 3 is 2.54 bits per heavy atom. The molecule has 0 saturated heterocycles. The molecule has 2 rings (SSSR count). The minimum Gasteiger partial charge on any atom is -0.327 e. The van der Waals surface area contributed by atoms with E-state index in [1.165, 1.54) is 18.7 Å².